The molecular formula is C27H29N3O3. The van der Waals surface area contributed by atoms with Gasteiger partial charge in [-0.05, 0) is 60.9 Å². The number of rotatable bonds is 9. The van der Waals surface area contributed by atoms with Crippen LogP contribution in [-0.2, 0) is 20.7 Å². The van der Waals surface area contributed by atoms with Gasteiger partial charge in [-0.15, -0.1) is 0 Å². The number of pyridine rings is 1. The van der Waals surface area contributed by atoms with E-state index in [-0.39, 0.29) is 12.0 Å². The number of ether oxygens (including phenoxy) is 1. The van der Waals surface area contributed by atoms with Crippen molar-refractivity contribution in [1.82, 2.24) is 4.98 Å². The molecule has 0 aliphatic carbocycles. The maximum Gasteiger partial charge on any atom is 0.252 e. The van der Waals surface area contributed by atoms with Gasteiger partial charge in [0, 0.05) is 36.4 Å². The fourth-order valence-corrected chi connectivity index (χ4v) is 3.58. The number of methoxy groups -OCH3 is 1. The van der Waals surface area contributed by atoms with Gasteiger partial charge in [0.05, 0.1) is 6.10 Å². The van der Waals surface area contributed by atoms with Gasteiger partial charge in [0.2, 0.25) is 0 Å². The summed E-state index contributed by atoms with van der Waals surface area (Å²) in [5, 5.41) is 2.97. The molecule has 2 aromatic carbocycles. The first kappa shape index (κ1) is 23.9. The van der Waals surface area contributed by atoms with E-state index in [1.54, 1.807) is 43.8 Å². The molecule has 2 amide bonds. The maximum atomic E-state index is 13.6. The fraction of sp³-hybridized carbons (Fsp3) is 0.222. The third kappa shape index (κ3) is 5.73. The SMILES string of the molecule is C=CC(=O)N(c1ccc(C(C)OC)cc1)C(C(=O)Nc1cccc(CC)c1)c1cccnc1. The second kappa shape index (κ2) is 11.2. The van der Waals surface area contributed by atoms with Crippen LogP contribution in [0, 0.1) is 0 Å². The highest BCUT2D eigenvalue weighted by molar-refractivity contribution is 6.09. The Morgan fingerprint density at radius 3 is 2.48 bits per heavy atom. The van der Waals surface area contributed by atoms with Crippen LogP contribution in [0.4, 0.5) is 11.4 Å². The Bertz CT molecular complexity index is 1100. The topological polar surface area (TPSA) is 71.5 Å². The zero-order valence-corrected chi connectivity index (χ0v) is 19.2. The lowest BCUT2D eigenvalue weighted by molar-refractivity contribution is -0.121. The quantitative estimate of drug-likeness (QED) is 0.459. The van der Waals surface area contributed by atoms with Gasteiger partial charge in [-0.3, -0.25) is 19.5 Å². The van der Waals surface area contributed by atoms with Crippen molar-refractivity contribution in [2.24, 2.45) is 0 Å². The number of aromatic nitrogens is 1. The smallest absolute Gasteiger partial charge is 0.252 e. The van der Waals surface area contributed by atoms with Crippen molar-refractivity contribution < 1.29 is 14.3 Å². The van der Waals surface area contributed by atoms with Gasteiger partial charge < -0.3 is 10.1 Å². The summed E-state index contributed by atoms with van der Waals surface area (Å²) in [6, 6.07) is 17.6. The fourth-order valence-electron chi connectivity index (χ4n) is 3.58. The standard InChI is InChI=1S/C27H29N3O3/c1-5-20-9-7-11-23(17-20)29-27(32)26(22-10-8-16-28-18-22)30(25(31)6-2)24-14-12-21(13-15-24)19(3)33-4/h6-19,26H,2,5H2,1,3-4H3,(H,29,32). The Morgan fingerprint density at radius 1 is 1.12 bits per heavy atom. The Kier molecular flexibility index (Phi) is 8.11. The highest BCUT2D eigenvalue weighted by atomic mass is 16.5. The van der Waals surface area contributed by atoms with Crippen molar-refractivity contribution in [3.63, 3.8) is 0 Å². The monoisotopic (exact) mass is 443 g/mol. The molecule has 2 unspecified atom stereocenters. The van der Waals surface area contributed by atoms with Gasteiger partial charge >= 0.3 is 0 Å². The molecule has 0 aliphatic rings. The van der Waals surface area contributed by atoms with Gasteiger partial charge in [0.15, 0.2) is 0 Å². The van der Waals surface area contributed by atoms with Gasteiger partial charge in [-0.2, -0.15) is 0 Å². The molecule has 1 N–H and O–H groups in total. The molecule has 6 heteroatoms. The molecule has 0 fully saturated rings. The summed E-state index contributed by atoms with van der Waals surface area (Å²) in [7, 11) is 1.64. The summed E-state index contributed by atoms with van der Waals surface area (Å²) in [6.07, 6.45) is 5.19. The Morgan fingerprint density at radius 2 is 1.88 bits per heavy atom. The van der Waals surface area contributed by atoms with E-state index in [4.69, 9.17) is 4.74 Å². The highest BCUT2D eigenvalue weighted by Crippen LogP contribution is 2.30. The zero-order valence-electron chi connectivity index (χ0n) is 19.2. The minimum Gasteiger partial charge on any atom is -0.377 e. The molecule has 1 heterocycles. The number of anilines is 2. The molecule has 0 saturated heterocycles. The normalized spacial score (nSPS) is 12.5. The molecule has 3 aromatic rings. The Hall–Kier alpha value is -3.77. The molecule has 170 valence electrons. The molecule has 0 bridgehead atoms. The van der Waals surface area contributed by atoms with Crippen LogP contribution >= 0.6 is 0 Å². The number of nitrogens with zero attached hydrogens (tertiary/aromatic N) is 2. The summed E-state index contributed by atoms with van der Waals surface area (Å²) < 4.78 is 5.38. The van der Waals surface area contributed by atoms with Crippen molar-refractivity contribution in [1.29, 1.82) is 0 Å². The van der Waals surface area contributed by atoms with Crippen LogP contribution in [-0.4, -0.2) is 23.9 Å². The summed E-state index contributed by atoms with van der Waals surface area (Å²) in [4.78, 5) is 32.2. The van der Waals surface area contributed by atoms with Crippen molar-refractivity contribution >= 4 is 23.2 Å². The highest BCUT2D eigenvalue weighted by Gasteiger charge is 2.32. The van der Waals surface area contributed by atoms with Crippen LogP contribution < -0.4 is 10.2 Å². The van der Waals surface area contributed by atoms with Crippen LogP contribution in [0.25, 0.3) is 0 Å². The van der Waals surface area contributed by atoms with Crippen LogP contribution in [0.3, 0.4) is 0 Å². The first-order valence-corrected chi connectivity index (χ1v) is 10.9. The average molecular weight is 444 g/mol. The third-order valence-electron chi connectivity index (χ3n) is 5.52. The first-order chi connectivity index (χ1) is 16.0. The number of hydrogen-bond acceptors (Lipinski definition) is 4. The lowest BCUT2D eigenvalue weighted by Gasteiger charge is -2.30. The van der Waals surface area contributed by atoms with Gasteiger partial charge in [-0.25, -0.2) is 0 Å². The van der Waals surface area contributed by atoms with Crippen LogP contribution in [0.2, 0.25) is 0 Å². The van der Waals surface area contributed by atoms with E-state index < -0.39 is 11.9 Å². The minimum atomic E-state index is -0.944. The molecule has 2 atom stereocenters. The molecule has 0 saturated carbocycles. The van der Waals surface area contributed by atoms with E-state index in [1.807, 2.05) is 43.3 Å². The summed E-state index contributed by atoms with van der Waals surface area (Å²) in [6.45, 7) is 7.65. The number of amides is 2. The predicted octanol–water partition coefficient (Wildman–Crippen LogP) is 5.25. The largest absolute Gasteiger partial charge is 0.377 e. The summed E-state index contributed by atoms with van der Waals surface area (Å²) >= 11 is 0. The van der Waals surface area contributed by atoms with Crippen molar-refractivity contribution in [2.75, 3.05) is 17.3 Å². The number of benzene rings is 2. The first-order valence-electron chi connectivity index (χ1n) is 10.9. The molecule has 0 radical (unpaired) electrons. The van der Waals surface area contributed by atoms with E-state index in [0.29, 0.717) is 16.9 Å². The van der Waals surface area contributed by atoms with Crippen molar-refractivity contribution in [3.8, 4) is 0 Å². The van der Waals surface area contributed by atoms with E-state index in [0.717, 1.165) is 17.5 Å². The molecular weight excluding hydrogens is 414 g/mol. The molecule has 1 aromatic heterocycles. The minimum absolute atomic E-state index is 0.0918. The molecule has 6 nitrogen and oxygen atoms in total. The Labute approximate surface area is 194 Å². The average Bonchev–Trinajstić information content (AvgIpc) is 2.87. The van der Waals surface area contributed by atoms with E-state index in [2.05, 4.69) is 23.8 Å². The van der Waals surface area contributed by atoms with Crippen LogP contribution in [0.1, 0.15) is 42.7 Å². The second-order valence-corrected chi connectivity index (χ2v) is 7.61. The van der Waals surface area contributed by atoms with Crippen LogP contribution in [0.5, 0.6) is 0 Å². The van der Waals surface area contributed by atoms with Gasteiger partial charge in [-0.1, -0.05) is 43.8 Å². The molecule has 0 spiro atoms. The van der Waals surface area contributed by atoms with E-state index in [9.17, 15) is 9.59 Å². The summed E-state index contributed by atoms with van der Waals surface area (Å²) in [5.41, 5.74) is 3.89. The van der Waals surface area contributed by atoms with Gasteiger partial charge in [0.1, 0.15) is 6.04 Å². The lowest BCUT2D eigenvalue weighted by Crippen LogP contribution is -2.40. The predicted molar refractivity (Wildman–Crippen MR) is 131 cm³/mol. The summed E-state index contributed by atoms with van der Waals surface area (Å²) in [5.74, 6) is -0.741. The molecule has 3 rings (SSSR count). The molecule has 0 aliphatic heterocycles. The number of carbonyl (C=O) groups excluding carboxylic acids is 2. The zero-order chi connectivity index (χ0) is 23.8. The lowest BCUT2D eigenvalue weighted by atomic mass is 10.0. The second-order valence-electron chi connectivity index (χ2n) is 7.61. The van der Waals surface area contributed by atoms with E-state index in [1.165, 1.54) is 11.0 Å². The van der Waals surface area contributed by atoms with Crippen LogP contribution in [0.15, 0.2) is 85.7 Å². The van der Waals surface area contributed by atoms with Gasteiger partial charge in [0.25, 0.3) is 11.8 Å². The maximum absolute atomic E-state index is 13.6. The third-order valence-corrected chi connectivity index (χ3v) is 5.52. The number of nitrogens with one attached hydrogen (secondary N) is 1. The Balaban J connectivity index is 2.04. The number of hydrogen-bond donors (Lipinski definition) is 1. The molecule has 33 heavy (non-hydrogen) atoms. The number of aryl methyl sites for hydroxylation is 1. The number of carbonyl (C=O) groups is 2. The van der Waals surface area contributed by atoms with E-state index >= 15 is 0 Å². The van der Waals surface area contributed by atoms with Crippen molar-refractivity contribution in [3.05, 3.63) is 102 Å². The van der Waals surface area contributed by atoms with Crippen molar-refractivity contribution in [2.45, 2.75) is 32.4 Å².